The zero-order valence-electron chi connectivity index (χ0n) is 10.4. The van der Waals surface area contributed by atoms with Crippen LogP contribution in [0.1, 0.15) is 23.2 Å². The molecule has 1 heterocycles. The van der Waals surface area contributed by atoms with Crippen molar-refractivity contribution in [1.82, 2.24) is 9.88 Å². The number of carbonyl (C=O) groups is 2. The van der Waals surface area contributed by atoms with E-state index in [2.05, 4.69) is 9.72 Å². The monoisotopic (exact) mass is 240 g/mol. The molecule has 0 saturated carbocycles. The van der Waals surface area contributed by atoms with Crippen molar-refractivity contribution in [2.24, 2.45) is 5.92 Å². The Morgan fingerprint density at radius 3 is 2.71 bits per heavy atom. The van der Waals surface area contributed by atoms with Crippen LogP contribution in [0.25, 0.3) is 0 Å². The molecule has 0 N–H and O–H groups in total. The number of esters is 1. The molecule has 0 aromatic carbocycles. The summed E-state index contributed by atoms with van der Waals surface area (Å²) >= 11 is 0. The molecule has 1 atom stereocenters. The maximum Gasteiger partial charge on any atom is 0.310 e. The van der Waals surface area contributed by atoms with Crippen molar-refractivity contribution in [1.29, 1.82) is 0 Å². The lowest BCUT2D eigenvalue weighted by Crippen LogP contribution is -2.34. The first-order valence-corrected chi connectivity index (χ1v) is 5.20. The summed E-state index contributed by atoms with van der Waals surface area (Å²) in [5.41, 5.74) is 0.535. The smallest absolute Gasteiger partial charge is 0.310 e. The fraction of sp³-hybridized carbons (Fsp3) is 0.545. The second-order valence-electron chi connectivity index (χ2n) is 3.88. The van der Waals surface area contributed by atoms with E-state index in [9.17, 15) is 9.59 Å². The van der Waals surface area contributed by atoms with Crippen molar-refractivity contribution in [2.45, 2.75) is 13.8 Å². The number of ether oxygens (including phenoxy) is 1. The van der Waals surface area contributed by atoms with Crippen molar-refractivity contribution in [3.05, 3.63) is 17.8 Å². The van der Waals surface area contributed by atoms with Gasteiger partial charge in [-0.25, -0.2) is 4.98 Å². The van der Waals surface area contributed by atoms with E-state index < -0.39 is 0 Å². The lowest BCUT2D eigenvalue weighted by Gasteiger charge is -2.19. The van der Waals surface area contributed by atoms with E-state index in [1.165, 1.54) is 18.4 Å². The number of rotatable bonds is 4. The predicted octanol–water partition coefficient (Wildman–Crippen LogP) is 0.864. The van der Waals surface area contributed by atoms with Gasteiger partial charge in [-0.1, -0.05) is 6.92 Å². The van der Waals surface area contributed by atoms with Crippen molar-refractivity contribution in [3.8, 4) is 0 Å². The molecule has 94 valence electrons. The molecule has 0 aliphatic carbocycles. The van der Waals surface area contributed by atoms with E-state index >= 15 is 0 Å². The third-order valence-electron chi connectivity index (χ3n) is 2.44. The standard InChI is InChI=1S/C11H16N2O4/c1-7(11(15)16-4)5-13(3)10(14)9-8(2)12-6-17-9/h6-7H,5H2,1-4H3. The fourth-order valence-corrected chi connectivity index (χ4v) is 1.45. The van der Waals surface area contributed by atoms with Gasteiger partial charge in [0, 0.05) is 13.6 Å². The molecule has 1 unspecified atom stereocenters. The summed E-state index contributed by atoms with van der Waals surface area (Å²) in [6.45, 7) is 3.66. The van der Waals surface area contributed by atoms with E-state index in [4.69, 9.17) is 4.42 Å². The molecule has 17 heavy (non-hydrogen) atoms. The summed E-state index contributed by atoms with van der Waals surface area (Å²) in [5, 5.41) is 0. The van der Waals surface area contributed by atoms with Crippen LogP contribution in [0.5, 0.6) is 0 Å². The molecular weight excluding hydrogens is 224 g/mol. The van der Waals surface area contributed by atoms with Gasteiger partial charge in [-0.15, -0.1) is 0 Å². The van der Waals surface area contributed by atoms with Gasteiger partial charge in [-0.2, -0.15) is 0 Å². The number of hydrogen-bond acceptors (Lipinski definition) is 5. The molecule has 0 radical (unpaired) electrons. The van der Waals surface area contributed by atoms with Crippen LogP contribution in [0.2, 0.25) is 0 Å². The van der Waals surface area contributed by atoms with Gasteiger partial charge in [-0.3, -0.25) is 9.59 Å². The first-order valence-electron chi connectivity index (χ1n) is 5.20. The van der Waals surface area contributed by atoms with Crippen LogP contribution in [-0.2, 0) is 9.53 Å². The summed E-state index contributed by atoms with van der Waals surface area (Å²) in [4.78, 5) is 28.4. The van der Waals surface area contributed by atoms with Crippen LogP contribution in [0.3, 0.4) is 0 Å². The largest absolute Gasteiger partial charge is 0.469 e. The van der Waals surface area contributed by atoms with Gasteiger partial charge in [0.25, 0.3) is 5.91 Å². The second kappa shape index (κ2) is 5.47. The van der Waals surface area contributed by atoms with Gasteiger partial charge in [0.2, 0.25) is 5.76 Å². The van der Waals surface area contributed by atoms with E-state index in [0.29, 0.717) is 5.69 Å². The number of nitrogens with zero attached hydrogens (tertiary/aromatic N) is 2. The Balaban J connectivity index is 2.65. The Labute approximate surface area is 99.6 Å². The summed E-state index contributed by atoms with van der Waals surface area (Å²) in [6, 6.07) is 0. The average molecular weight is 240 g/mol. The molecule has 0 aliphatic rings. The normalized spacial score (nSPS) is 12.0. The van der Waals surface area contributed by atoms with E-state index in [-0.39, 0.29) is 30.1 Å². The summed E-state index contributed by atoms with van der Waals surface area (Å²) in [5.74, 6) is -0.823. The summed E-state index contributed by atoms with van der Waals surface area (Å²) < 4.78 is 9.59. The molecule has 0 bridgehead atoms. The maximum atomic E-state index is 11.9. The zero-order chi connectivity index (χ0) is 13.0. The van der Waals surface area contributed by atoms with Crippen LogP contribution in [0.4, 0.5) is 0 Å². The van der Waals surface area contributed by atoms with Gasteiger partial charge in [-0.05, 0) is 6.92 Å². The highest BCUT2D eigenvalue weighted by atomic mass is 16.5. The molecule has 0 aliphatic heterocycles. The molecule has 6 heteroatoms. The quantitative estimate of drug-likeness (QED) is 0.730. The van der Waals surface area contributed by atoms with Crippen LogP contribution >= 0.6 is 0 Å². The molecule has 1 aromatic rings. The Morgan fingerprint density at radius 2 is 2.24 bits per heavy atom. The molecule has 1 amide bonds. The highest BCUT2D eigenvalue weighted by molar-refractivity contribution is 5.92. The van der Waals surface area contributed by atoms with Crippen molar-refractivity contribution < 1.29 is 18.7 Å². The third kappa shape index (κ3) is 3.05. The topological polar surface area (TPSA) is 72.6 Å². The number of hydrogen-bond donors (Lipinski definition) is 0. The van der Waals surface area contributed by atoms with Crippen molar-refractivity contribution in [2.75, 3.05) is 20.7 Å². The number of aryl methyl sites for hydroxylation is 1. The first kappa shape index (κ1) is 13.2. The van der Waals surface area contributed by atoms with Crippen LogP contribution in [0.15, 0.2) is 10.8 Å². The van der Waals surface area contributed by atoms with Gasteiger partial charge in [0.1, 0.15) is 0 Å². The molecule has 1 aromatic heterocycles. The van der Waals surface area contributed by atoms with Crippen molar-refractivity contribution >= 4 is 11.9 Å². The molecule has 6 nitrogen and oxygen atoms in total. The molecular formula is C11H16N2O4. The molecule has 0 fully saturated rings. The third-order valence-corrected chi connectivity index (χ3v) is 2.44. The number of oxazole rings is 1. The van der Waals surface area contributed by atoms with Crippen LogP contribution in [0, 0.1) is 12.8 Å². The summed E-state index contributed by atoms with van der Waals surface area (Å²) in [7, 11) is 2.92. The van der Waals surface area contributed by atoms with E-state index in [0.717, 1.165) is 0 Å². The molecule has 0 spiro atoms. The number of amides is 1. The van der Waals surface area contributed by atoms with Crippen LogP contribution < -0.4 is 0 Å². The number of methoxy groups -OCH3 is 1. The fourth-order valence-electron chi connectivity index (χ4n) is 1.45. The van der Waals surface area contributed by atoms with Crippen molar-refractivity contribution in [3.63, 3.8) is 0 Å². The average Bonchev–Trinajstić information content (AvgIpc) is 2.73. The van der Waals surface area contributed by atoms with Gasteiger partial charge in [0.15, 0.2) is 6.39 Å². The lowest BCUT2D eigenvalue weighted by molar-refractivity contribution is -0.145. The number of carbonyl (C=O) groups excluding carboxylic acids is 2. The minimum atomic E-state index is -0.378. The Morgan fingerprint density at radius 1 is 1.59 bits per heavy atom. The van der Waals surface area contributed by atoms with E-state index in [1.54, 1.807) is 20.9 Å². The minimum Gasteiger partial charge on any atom is -0.469 e. The first-order chi connectivity index (χ1) is 7.97. The van der Waals surface area contributed by atoms with Gasteiger partial charge >= 0.3 is 5.97 Å². The Hall–Kier alpha value is -1.85. The molecule has 0 saturated heterocycles. The lowest BCUT2D eigenvalue weighted by atomic mass is 10.1. The van der Waals surface area contributed by atoms with Gasteiger partial charge in [0.05, 0.1) is 18.7 Å². The molecule has 1 rings (SSSR count). The zero-order valence-corrected chi connectivity index (χ0v) is 10.4. The minimum absolute atomic E-state index is 0.199. The Kier molecular flexibility index (Phi) is 4.25. The van der Waals surface area contributed by atoms with Crippen LogP contribution in [-0.4, -0.2) is 42.5 Å². The highest BCUT2D eigenvalue weighted by Gasteiger charge is 2.22. The van der Waals surface area contributed by atoms with Gasteiger partial charge < -0.3 is 14.1 Å². The predicted molar refractivity (Wildman–Crippen MR) is 59.4 cm³/mol. The highest BCUT2D eigenvalue weighted by Crippen LogP contribution is 2.10. The SMILES string of the molecule is COC(=O)C(C)CN(C)C(=O)c1ocnc1C. The van der Waals surface area contributed by atoms with E-state index in [1.807, 2.05) is 0 Å². The summed E-state index contributed by atoms with van der Waals surface area (Å²) in [6.07, 6.45) is 1.22. The Bertz CT molecular complexity index is 413. The second-order valence-corrected chi connectivity index (χ2v) is 3.88. The number of aromatic nitrogens is 1. The maximum absolute atomic E-state index is 11.9.